The van der Waals surface area contributed by atoms with Gasteiger partial charge in [0.1, 0.15) is 12.7 Å². The van der Waals surface area contributed by atoms with E-state index in [1.165, 1.54) is 0 Å². The monoisotopic (exact) mass is 348 g/mol. The van der Waals surface area contributed by atoms with E-state index in [2.05, 4.69) is 10.6 Å². The number of amides is 1. The van der Waals surface area contributed by atoms with Gasteiger partial charge >= 0.3 is 6.09 Å². The van der Waals surface area contributed by atoms with Crippen LogP contribution in [0.25, 0.3) is 0 Å². The quantitative estimate of drug-likeness (QED) is 0.701. The van der Waals surface area contributed by atoms with Gasteiger partial charge < -0.3 is 20.5 Å². The first kappa shape index (κ1) is 19.4. The first-order valence-electron chi connectivity index (χ1n) is 8.82. The van der Waals surface area contributed by atoms with Crippen LogP contribution in [-0.2, 0) is 16.1 Å². The van der Waals surface area contributed by atoms with Crippen molar-refractivity contribution in [3.63, 3.8) is 0 Å². The number of benzene rings is 1. The number of aliphatic hydroxyl groups is 1. The number of aliphatic hydroxyl groups excluding tert-OH is 1. The molecule has 1 aliphatic rings. The molecule has 0 spiro atoms. The molecule has 3 N–H and O–H groups in total. The van der Waals surface area contributed by atoms with Gasteiger partial charge in [-0.05, 0) is 37.8 Å². The maximum Gasteiger partial charge on any atom is 0.408 e. The van der Waals surface area contributed by atoms with Gasteiger partial charge in [-0.2, -0.15) is 0 Å². The van der Waals surface area contributed by atoms with Crippen LogP contribution in [0.15, 0.2) is 24.3 Å². The van der Waals surface area contributed by atoms with Crippen molar-refractivity contribution in [3.8, 4) is 0 Å². The maximum atomic E-state index is 12.6. The summed E-state index contributed by atoms with van der Waals surface area (Å²) in [5.41, 5.74) is 2.01. The maximum absolute atomic E-state index is 12.6. The van der Waals surface area contributed by atoms with Gasteiger partial charge in [0.15, 0.2) is 5.78 Å². The summed E-state index contributed by atoms with van der Waals surface area (Å²) in [5, 5.41) is 16.0. The van der Waals surface area contributed by atoms with Crippen LogP contribution in [0.1, 0.15) is 37.8 Å². The molecule has 1 aromatic carbocycles. The number of rotatable bonds is 7. The third-order valence-corrected chi connectivity index (χ3v) is 4.51. The van der Waals surface area contributed by atoms with Gasteiger partial charge in [0, 0.05) is 6.04 Å². The fourth-order valence-electron chi connectivity index (χ4n) is 2.93. The van der Waals surface area contributed by atoms with Crippen LogP contribution in [0.5, 0.6) is 0 Å². The van der Waals surface area contributed by atoms with Crippen molar-refractivity contribution in [1.29, 1.82) is 0 Å². The molecule has 1 unspecified atom stereocenters. The fraction of sp³-hybridized carbons (Fsp3) is 0.579. The second kappa shape index (κ2) is 8.97. The van der Waals surface area contributed by atoms with Crippen molar-refractivity contribution in [2.75, 3.05) is 6.54 Å². The minimum Gasteiger partial charge on any atom is -0.445 e. The zero-order chi connectivity index (χ0) is 18.4. The summed E-state index contributed by atoms with van der Waals surface area (Å²) in [5.74, 6) is -0.517. The van der Waals surface area contributed by atoms with Gasteiger partial charge in [0.05, 0.1) is 6.04 Å². The first-order valence-corrected chi connectivity index (χ1v) is 8.82. The van der Waals surface area contributed by atoms with E-state index in [4.69, 9.17) is 4.74 Å². The Morgan fingerprint density at radius 2 is 2.00 bits per heavy atom. The smallest absolute Gasteiger partial charge is 0.408 e. The molecule has 0 saturated carbocycles. The van der Waals surface area contributed by atoms with Gasteiger partial charge in [-0.1, -0.05) is 43.7 Å². The molecule has 0 aromatic heterocycles. The number of nitrogens with one attached hydrogen (secondary N) is 2. The van der Waals surface area contributed by atoms with E-state index in [0.29, 0.717) is 0 Å². The number of hydrogen-bond donors (Lipinski definition) is 3. The highest BCUT2D eigenvalue weighted by Gasteiger charge is 2.35. The van der Waals surface area contributed by atoms with Crippen molar-refractivity contribution in [2.24, 2.45) is 5.92 Å². The second-order valence-corrected chi connectivity index (χ2v) is 6.98. The Hall–Kier alpha value is -1.92. The van der Waals surface area contributed by atoms with Crippen LogP contribution in [0.3, 0.4) is 0 Å². The van der Waals surface area contributed by atoms with Gasteiger partial charge in [0.2, 0.25) is 0 Å². The number of aryl methyl sites for hydroxylation is 1. The molecule has 25 heavy (non-hydrogen) atoms. The molecule has 1 saturated heterocycles. The number of ether oxygens (including phenoxy) is 1. The predicted molar refractivity (Wildman–Crippen MR) is 95.2 cm³/mol. The third kappa shape index (κ3) is 5.54. The molecule has 3 atom stereocenters. The highest BCUT2D eigenvalue weighted by molar-refractivity contribution is 5.91. The van der Waals surface area contributed by atoms with Gasteiger partial charge in [-0.25, -0.2) is 4.79 Å². The van der Waals surface area contributed by atoms with Gasteiger partial charge in [-0.15, -0.1) is 0 Å². The molecule has 1 aliphatic heterocycles. The Morgan fingerprint density at radius 3 is 2.56 bits per heavy atom. The lowest BCUT2D eigenvalue weighted by Crippen LogP contribution is -2.53. The van der Waals surface area contributed by atoms with Crippen molar-refractivity contribution in [1.82, 2.24) is 10.6 Å². The Morgan fingerprint density at radius 1 is 1.32 bits per heavy atom. The summed E-state index contributed by atoms with van der Waals surface area (Å²) in [4.78, 5) is 24.6. The van der Waals surface area contributed by atoms with Crippen molar-refractivity contribution >= 4 is 11.9 Å². The van der Waals surface area contributed by atoms with Crippen LogP contribution in [-0.4, -0.2) is 41.7 Å². The van der Waals surface area contributed by atoms with Crippen LogP contribution < -0.4 is 10.6 Å². The SMILES string of the molecule is Cc1ccc(COC(=O)N[C@H](C(=O)C(O)[C@@H]2CCCN2)C(C)C)cc1. The standard InChI is InChI=1S/C19H28N2O4/c1-12(2)16(18(23)17(22)15-5-4-10-20-15)21-19(24)25-11-14-8-6-13(3)7-9-14/h6-9,12,15-17,20,22H,4-5,10-11H2,1-3H3,(H,21,24)/t15-,16-,17?/m0/s1. The molecular weight excluding hydrogens is 320 g/mol. The minimum absolute atomic E-state index is 0.137. The lowest BCUT2D eigenvalue weighted by molar-refractivity contribution is -0.131. The number of ketones is 1. The molecular formula is C19H28N2O4. The van der Waals surface area contributed by atoms with E-state index < -0.39 is 18.2 Å². The average Bonchev–Trinajstić information content (AvgIpc) is 3.12. The largest absolute Gasteiger partial charge is 0.445 e. The summed E-state index contributed by atoms with van der Waals surface area (Å²) in [7, 11) is 0. The topological polar surface area (TPSA) is 87.7 Å². The summed E-state index contributed by atoms with van der Waals surface area (Å²) in [6, 6.07) is 6.67. The molecule has 6 heteroatoms. The number of Topliss-reactive ketones (excluding diaryl/α,β-unsaturated/α-hetero) is 1. The Balaban J connectivity index is 1.89. The molecule has 0 radical (unpaired) electrons. The fourth-order valence-corrected chi connectivity index (χ4v) is 2.93. The van der Waals surface area contributed by atoms with Crippen LogP contribution >= 0.6 is 0 Å². The van der Waals surface area contributed by atoms with Crippen LogP contribution in [0.2, 0.25) is 0 Å². The first-order chi connectivity index (χ1) is 11.9. The molecule has 1 heterocycles. The molecule has 2 rings (SSSR count). The van der Waals surface area contributed by atoms with Crippen LogP contribution in [0, 0.1) is 12.8 Å². The molecule has 0 bridgehead atoms. The van der Waals surface area contributed by atoms with Crippen molar-refractivity contribution < 1.29 is 19.4 Å². The van der Waals surface area contributed by atoms with E-state index in [9.17, 15) is 14.7 Å². The lowest BCUT2D eigenvalue weighted by atomic mass is 9.93. The average molecular weight is 348 g/mol. The predicted octanol–water partition coefficient (Wildman–Crippen LogP) is 1.93. The van der Waals surface area contributed by atoms with E-state index in [1.54, 1.807) is 0 Å². The highest BCUT2D eigenvalue weighted by atomic mass is 16.5. The zero-order valence-electron chi connectivity index (χ0n) is 15.1. The summed E-state index contributed by atoms with van der Waals surface area (Å²) >= 11 is 0. The highest BCUT2D eigenvalue weighted by Crippen LogP contribution is 2.14. The molecule has 138 valence electrons. The zero-order valence-corrected chi connectivity index (χ0v) is 15.1. The third-order valence-electron chi connectivity index (χ3n) is 4.51. The number of hydrogen-bond acceptors (Lipinski definition) is 5. The van der Waals surface area contributed by atoms with Gasteiger partial charge in [-0.3, -0.25) is 4.79 Å². The number of carbonyl (C=O) groups is 2. The molecule has 1 fully saturated rings. The van der Waals surface area contributed by atoms with Crippen molar-refractivity contribution in [3.05, 3.63) is 35.4 Å². The van der Waals surface area contributed by atoms with Gasteiger partial charge in [0.25, 0.3) is 0 Å². The molecule has 0 aliphatic carbocycles. The Kier molecular flexibility index (Phi) is 6.96. The van der Waals surface area contributed by atoms with E-state index in [1.807, 2.05) is 45.0 Å². The second-order valence-electron chi connectivity index (χ2n) is 6.98. The Labute approximate surface area is 149 Å². The summed E-state index contributed by atoms with van der Waals surface area (Å²) in [6.07, 6.45) is -0.0744. The normalized spacial score (nSPS) is 19.5. The lowest BCUT2D eigenvalue weighted by Gasteiger charge is -2.26. The van der Waals surface area contributed by atoms with E-state index in [-0.39, 0.29) is 24.3 Å². The molecule has 1 amide bonds. The minimum atomic E-state index is -1.12. The van der Waals surface area contributed by atoms with E-state index >= 15 is 0 Å². The van der Waals surface area contributed by atoms with E-state index in [0.717, 1.165) is 30.5 Å². The Bertz CT molecular complexity index is 580. The molecule has 6 nitrogen and oxygen atoms in total. The molecule has 1 aromatic rings. The summed E-state index contributed by atoms with van der Waals surface area (Å²) < 4.78 is 5.20. The van der Waals surface area contributed by atoms with Crippen molar-refractivity contribution in [2.45, 2.75) is 58.4 Å². The number of alkyl carbamates (subject to hydrolysis) is 1. The summed E-state index contributed by atoms with van der Waals surface area (Å²) in [6.45, 7) is 6.58. The number of carbonyl (C=O) groups excluding carboxylic acids is 2. The van der Waals surface area contributed by atoms with Crippen LogP contribution in [0.4, 0.5) is 4.79 Å².